The third-order valence-electron chi connectivity index (χ3n) is 3.70. The summed E-state index contributed by atoms with van der Waals surface area (Å²) in [6, 6.07) is 9.53. The lowest BCUT2D eigenvalue weighted by Gasteiger charge is -2.07. The Morgan fingerprint density at radius 2 is 2.08 bits per heavy atom. The molecule has 3 aromatic rings. The van der Waals surface area contributed by atoms with E-state index in [0.29, 0.717) is 40.2 Å². The molecule has 2 N–H and O–H groups in total. The number of aryl methyl sites for hydroxylation is 2. The predicted molar refractivity (Wildman–Crippen MR) is 93.7 cm³/mol. The fourth-order valence-corrected chi connectivity index (χ4v) is 3.49. The van der Waals surface area contributed by atoms with Crippen LogP contribution in [-0.4, -0.2) is 22.1 Å². The van der Waals surface area contributed by atoms with Crippen molar-refractivity contribution < 1.29 is 9.53 Å². The van der Waals surface area contributed by atoms with Crippen molar-refractivity contribution >= 4 is 27.5 Å². The Bertz CT molecular complexity index is 931. The van der Waals surface area contributed by atoms with E-state index in [1.165, 1.54) is 6.33 Å². The van der Waals surface area contributed by atoms with Crippen molar-refractivity contribution in [1.82, 2.24) is 9.55 Å². The van der Waals surface area contributed by atoms with Gasteiger partial charge in [-0.15, -0.1) is 11.3 Å². The fraction of sp³-hybridized carbons (Fsp3) is 0.235. The second-order valence-electron chi connectivity index (χ2n) is 5.36. The standard InChI is InChI=1S/C17H17N3O3S/c1-11-13-16(24-14(11)15(18)21)19-10-20(17(13)22)8-5-9-23-12-6-3-2-4-7-12/h2-4,6-7,10H,5,8-9H2,1H3,(H2,18,21). The molecule has 0 aliphatic carbocycles. The van der Waals surface area contributed by atoms with E-state index in [4.69, 9.17) is 10.5 Å². The Morgan fingerprint density at radius 3 is 2.79 bits per heavy atom. The highest BCUT2D eigenvalue weighted by Crippen LogP contribution is 2.26. The van der Waals surface area contributed by atoms with E-state index in [1.807, 2.05) is 30.3 Å². The smallest absolute Gasteiger partial charge is 0.262 e. The third kappa shape index (κ3) is 3.16. The topological polar surface area (TPSA) is 87.2 Å². The first-order valence-electron chi connectivity index (χ1n) is 7.54. The first-order valence-corrected chi connectivity index (χ1v) is 8.35. The Kier molecular flexibility index (Phi) is 4.61. The molecule has 0 spiro atoms. The number of thiophene rings is 1. The maximum Gasteiger partial charge on any atom is 0.262 e. The number of primary amides is 1. The first kappa shape index (κ1) is 16.2. The number of carbonyl (C=O) groups excluding carboxylic acids is 1. The molecule has 124 valence electrons. The highest BCUT2D eigenvalue weighted by Gasteiger charge is 2.17. The van der Waals surface area contributed by atoms with Crippen LogP contribution in [0, 0.1) is 6.92 Å². The quantitative estimate of drug-likeness (QED) is 0.696. The van der Waals surface area contributed by atoms with Crippen LogP contribution in [0.15, 0.2) is 41.5 Å². The molecule has 7 heteroatoms. The van der Waals surface area contributed by atoms with E-state index in [1.54, 1.807) is 11.5 Å². The zero-order chi connectivity index (χ0) is 17.1. The molecule has 0 aliphatic heterocycles. The number of nitrogens with zero attached hydrogens (tertiary/aromatic N) is 2. The molecule has 0 radical (unpaired) electrons. The van der Waals surface area contributed by atoms with Gasteiger partial charge in [0.2, 0.25) is 0 Å². The van der Waals surface area contributed by atoms with E-state index in [2.05, 4.69) is 4.98 Å². The number of hydrogen-bond donors (Lipinski definition) is 1. The lowest BCUT2D eigenvalue weighted by atomic mass is 10.2. The summed E-state index contributed by atoms with van der Waals surface area (Å²) in [5, 5.41) is 0.472. The molecule has 3 rings (SSSR count). The Balaban J connectivity index is 1.73. The molecule has 0 atom stereocenters. The molecular weight excluding hydrogens is 326 g/mol. The number of fused-ring (bicyclic) bond motifs is 1. The van der Waals surface area contributed by atoms with Crippen LogP contribution >= 0.6 is 11.3 Å². The number of nitrogens with two attached hydrogens (primary N) is 1. The molecule has 1 amide bonds. The number of ether oxygens (including phenoxy) is 1. The molecule has 2 heterocycles. The van der Waals surface area contributed by atoms with Gasteiger partial charge in [0, 0.05) is 6.54 Å². The number of hydrogen-bond acceptors (Lipinski definition) is 5. The second kappa shape index (κ2) is 6.84. The summed E-state index contributed by atoms with van der Waals surface area (Å²) < 4.78 is 7.16. The average Bonchev–Trinajstić information content (AvgIpc) is 2.92. The van der Waals surface area contributed by atoms with Gasteiger partial charge in [-0.3, -0.25) is 14.2 Å². The number of rotatable bonds is 6. The van der Waals surface area contributed by atoms with E-state index >= 15 is 0 Å². The van der Waals surface area contributed by atoms with E-state index in [9.17, 15) is 9.59 Å². The molecule has 1 aromatic carbocycles. The fourth-order valence-electron chi connectivity index (χ4n) is 2.50. The number of para-hydroxylation sites is 1. The van der Waals surface area contributed by atoms with Crippen LogP contribution in [0.3, 0.4) is 0 Å². The van der Waals surface area contributed by atoms with Crippen molar-refractivity contribution in [2.75, 3.05) is 6.61 Å². The second-order valence-corrected chi connectivity index (χ2v) is 6.36. The minimum atomic E-state index is -0.530. The SMILES string of the molecule is Cc1c(C(N)=O)sc2ncn(CCCOc3ccccc3)c(=O)c12. The van der Waals surface area contributed by atoms with Crippen molar-refractivity contribution in [3.63, 3.8) is 0 Å². The number of aromatic nitrogens is 2. The third-order valence-corrected chi connectivity index (χ3v) is 4.91. The number of carbonyl (C=O) groups is 1. The largest absolute Gasteiger partial charge is 0.494 e. The van der Waals surface area contributed by atoms with E-state index in [0.717, 1.165) is 17.1 Å². The zero-order valence-electron chi connectivity index (χ0n) is 13.2. The lowest BCUT2D eigenvalue weighted by Crippen LogP contribution is -2.21. The maximum absolute atomic E-state index is 12.6. The van der Waals surface area contributed by atoms with Crippen molar-refractivity contribution in [3.05, 3.63) is 57.5 Å². The highest BCUT2D eigenvalue weighted by molar-refractivity contribution is 7.20. The monoisotopic (exact) mass is 343 g/mol. The van der Waals surface area contributed by atoms with Crippen LogP contribution in [0.2, 0.25) is 0 Å². The van der Waals surface area contributed by atoms with Gasteiger partial charge in [0.05, 0.1) is 23.2 Å². The minimum absolute atomic E-state index is 0.152. The summed E-state index contributed by atoms with van der Waals surface area (Å²) >= 11 is 1.16. The van der Waals surface area contributed by atoms with Crippen molar-refractivity contribution in [2.24, 2.45) is 5.73 Å². The highest BCUT2D eigenvalue weighted by atomic mass is 32.1. The molecule has 0 bridgehead atoms. The molecule has 0 unspecified atom stereocenters. The average molecular weight is 343 g/mol. The molecule has 6 nitrogen and oxygen atoms in total. The van der Waals surface area contributed by atoms with E-state index in [-0.39, 0.29) is 5.56 Å². The van der Waals surface area contributed by atoms with Crippen molar-refractivity contribution in [2.45, 2.75) is 19.9 Å². The molecule has 24 heavy (non-hydrogen) atoms. The van der Waals surface area contributed by atoms with Crippen molar-refractivity contribution in [1.29, 1.82) is 0 Å². The van der Waals surface area contributed by atoms with Gasteiger partial charge in [0.25, 0.3) is 11.5 Å². The lowest BCUT2D eigenvalue weighted by molar-refractivity contribution is 0.100. The van der Waals surface area contributed by atoms with Gasteiger partial charge in [-0.2, -0.15) is 0 Å². The summed E-state index contributed by atoms with van der Waals surface area (Å²) in [6.45, 7) is 2.73. The summed E-state index contributed by atoms with van der Waals surface area (Å²) in [6.07, 6.45) is 2.18. The van der Waals surface area contributed by atoms with Gasteiger partial charge in [-0.25, -0.2) is 4.98 Å². The Morgan fingerprint density at radius 1 is 1.33 bits per heavy atom. The van der Waals surface area contributed by atoms with Crippen LogP contribution in [0.5, 0.6) is 5.75 Å². The van der Waals surface area contributed by atoms with Crippen LogP contribution in [0.25, 0.3) is 10.2 Å². The molecule has 0 saturated carbocycles. The summed E-state index contributed by atoms with van der Waals surface area (Å²) in [4.78, 5) is 29.2. The number of amides is 1. The van der Waals surface area contributed by atoms with Gasteiger partial charge in [0.15, 0.2) is 0 Å². The predicted octanol–water partition coefficient (Wildman–Crippen LogP) is 2.33. The summed E-state index contributed by atoms with van der Waals surface area (Å²) in [5.74, 6) is 0.274. The van der Waals surface area contributed by atoms with Crippen molar-refractivity contribution in [3.8, 4) is 5.75 Å². The molecular formula is C17H17N3O3S. The van der Waals surface area contributed by atoms with Crippen LogP contribution < -0.4 is 16.0 Å². The first-order chi connectivity index (χ1) is 11.6. The van der Waals surface area contributed by atoms with Crippen LogP contribution in [0.4, 0.5) is 0 Å². The summed E-state index contributed by atoms with van der Waals surface area (Å²) in [7, 11) is 0. The van der Waals surface area contributed by atoms with E-state index < -0.39 is 5.91 Å². The van der Waals surface area contributed by atoms with Crippen LogP contribution in [0.1, 0.15) is 21.7 Å². The number of benzene rings is 1. The maximum atomic E-state index is 12.6. The van der Waals surface area contributed by atoms with Crippen LogP contribution in [-0.2, 0) is 6.54 Å². The minimum Gasteiger partial charge on any atom is -0.494 e. The van der Waals surface area contributed by atoms with Gasteiger partial charge in [-0.05, 0) is 31.0 Å². The molecule has 0 fully saturated rings. The van der Waals surface area contributed by atoms with Gasteiger partial charge in [-0.1, -0.05) is 18.2 Å². The van der Waals surface area contributed by atoms with Gasteiger partial charge < -0.3 is 10.5 Å². The van der Waals surface area contributed by atoms with Gasteiger partial charge in [0.1, 0.15) is 10.6 Å². The molecule has 2 aromatic heterocycles. The normalized spacial score (nSPS) is 10.9. The Labute approximate surface area is 142 Å². The Hall–Kier alpha value is -2.67. The summed E-state index contributed by atoms with van der Waals surface area (Å²) in [5.41, 5.74) is 5.79. The molecule has 0 saturated heterocycles. The zero-order valence-corrected chi connectivity index (χ0v) is 14.0. The molecule has 0 aliphatic rings. The van der Waals surface area contributed by atoms with Gasteiger partial charge >= 0.3 is 0 Å².